The Morgan fingerprint density at radius 2 is 2.25 bits per heavy atom. The lowest BCUT2D eigenvalue weighted by molar-refractivity contribution is 0.271. The Morgan fingerprint density at radius 3 is 2.88 bits per heavy atom. The summed E-state index contributed by atoms with van der Waals surface area (Å²) < 4.78 is 0. The number of halogens is 1. The van der Waals surface area contributed by atoms with Gasteiger partial charge in [-0.1, -0.05) is 43.2 Å². The van der Waals surface area contributed by atoms with E-state index in [2.05, 4.69) is 39.8 Å². The molecule has 90 valence electrons. The van der Waals surface area contributed by atoms with Gasteiger partial charge in [0.25, 0.3) is 0 Å². The van der Waals surface area contributed by atoms with E-state index in [9.17, 15) is 0 Å². The summed E-state index contributed by atoms with van der Waals surface area (Å²) in [6, 6.07) is 0. The monoisotopic (exact) mass is 238 g/mol. The molecule has 0 heterocycles. The Labute approximate surface area is 105 Å². The van der Waals surface area contributed by atoms with E-state index < -0.39 is 0 Å². The van der Waals surface area contributed by atoms with Crippen molar-refractivity contribution in [1.82, 2.24) is 0 Å². The highest BCUT2D eigenvalue weighted by molar-refractivity contribution is 6.29. The first-order valence-corrected chi connectivity index (χ1v) is 6.81. The third-order valence-corrected chi connectivity index (χ3v) is 5.13. The van der Waals surface area contributed by atoms with Gasteiger partial charge in [0.1, 0.15) is 0 Å². The van der Waals surface area contributed by atoms with Crippen LogP contribution in [0.3, 0.4) is 0 Å². The molecule has 16 heavy (non-hydrogen) atoms. The number of hydrogen-bond donors (Lipinski definition) is 0. The Kier molecular flexibility index (Phi) is 3.22. The fourth-order valence-electron chi connectivity index (χ4n) is 3.34. The van der Waals surface area contributed by atoms with Gasteiger partial charge in [0.15, 0.2) is 0 Å². The van der Waals surface area contributed by atoms with Crippen LogP contribution in [0.5, 0.6) is 0 Å². The molecule has 0 aliphatic heterocycles. The maximum absolute atomic E-state index is 6.33. The van der Waals surface area contributed by atoms with E-state index in [1.165, 1.54) is 24.8 Å². The summed E-state index contributed by atoms with van der Waals surface area (Å²) in [7, 11) is 0. The van der Waals surface area contributed by atoms with Crippen molar-refractivity contribution in [3.63, 3.8) is 0 Å². The van der Waals surface area contributed by atoms with Crippen molar-refractivity contribution in [3.05, 3.63) is 22.8 Å². The van der Waals surface area contributed by atoms with Crippen molar-refractivity contribution in [2.75, 3.05) is 0 Å². The van der Waals surface area contributed by atoms with Crippen LogP contribution in [0.4, 0.5) is 0 Å². The molecule has 2 bridgehead atoms. The molecule has 0 amide bonds. The van der Waals surface area contributed by atoms with Gasteiger partial charge < -0.3 is 0 Å². The van der Waals surface area contributed by atoms with Crippen LogP contribution in [0.15, 0.2) is 22.8 Å². The van der Waals surface area contributed by atoms with Crippen molar-refractivity contribution in [1.29, 1.82) is 0 Å². The average Bonchev–Trinajstić information content (AvgIpc) is 2.48. The average molecular weight is 239 g/mol. The Balaban J connectivity index is 2.18. The van der Waals surface area contributed by atoms with Crippen molar-refractivity contribution < 1.29 is 0 Å². The van der Waals surface area contributed by atoms with Gasteiger partial charge in [-0.15, -0.1) is 0 Å². The van der Waals surface area contributed by atoms with Gasteiger partial charge in [0, 0.05) is 5.03 Å². The zero-order valence-corrected chi connectivity index (χ0v) is 11.6. The molecule has 1 heteroatoms. The fourth-order valence-corrected chi connectivity index (χ4v) is 3.67. The Morgan fingerprint density at radius 1 is 1.56 bits per heavy atom. The van der Waals surface area contributed by atoms with Crippen molar-refractivity contribution in [3.8, 4) is 0 Å². The summed E-state index contributed by atoms with van der Waals surface area (Å²) >= 11 is 6.33. The maximum Gasteiger partial charge on any atom is 0.0175 e. The molecule has 0 unspecified atom stereocenters. The molecule has 2 rings (SSSR count). The summed E-state index contributed by atoms with van der Waals surface area (Å²) in [6.07, 6.45) is 8.64. The number of fused-ring (bicyclic) bond motifs is 2. The first kappa shape index (κ1) is 12.2. The SMILES string of the molecule is CC(C)=CC[C@]1(C)C[C@H]2C[C@@H]1C=C(Cl)[C@@H]2C. The molecule has 0 aromatic carbocycles. The van der Waals surface area contributed by atoms with E-state index in [-0.39, 0.29) is 0 Å². The van der Waals surface area contributed by atoms with Crippen LogP contribution in [0.2, 0.25) is 0 Å². The predicted octanol–water partition coefficient (Wildman–Crippen LogP) is 5.15. The molecule has 1 fully saturated rings. The highest BCUT2D eigenvalue weighted by Crippen LogP contribution is 2.56. The molecule has 0 nitrogen and oxygen atoms in total. The van der Waals surface area contributed by atoms with Crippen LogP contribution < -0.4 is 0 Å². The molecule has 0 spiro atoms. The number of hydrogen-bond acceptors (Lipinski definition) is 0. The third-order valence-electron chi connectivity index (χ3n) is 4.66. The summed E-state index contributed by atoms with van der Waals surface area (Å²) in [6.45, 7) is 9.11. The van der Waals surface area contributed by atoms with E-state index in [4.69, 9.17) is 11.6 Å². The van der Waals surface area contributed by atoms with Crippen LogP contribution >= 0.6 is 11.6 Å². The topological polar surface area (TPSA) is 0 Å². The molecular formula is C15H23Cl. The van der Waals surface area contributed by atoms with Gasteiger partial charge in [-0.2, -0.15) is 0 Å². The second-order valence-corrected chi connectivity index (χ2v) is 6.72. The maximum atomic E-state index is 6.33. The van der Waals surface area contributed by atoms with Crippen molar-refractivity contribution in [2.45, 2.75) is 47.0 Å². The Bertz CT molecular complexity index is 335. The first-order valence-electron chi connectivity index (χ1n) is 6.43. The molecule has 0 aromatic heterocycles. The quantitative estimate of drug-likeness (QED) is 0.584. The lowest BCUT2D eigenvalue weighted by Gasteiger charge is -2.29. The fraction of sp³-hybridized carbons (Fsp3) is 0.733. The second kappa shape index (κ2) is 4.22. The minimum absolute atomic E-state index is 0.451. The molecule has 4 atom stereocenters. The van der Waals surface area contributed by atoms with E-state index in [0.29, 0.717) is 17.3 Å². The lowest BCUT2D eigenvalue weighted by Crippen LogP contribution is -2.19. The van der Waals surface area contributed by atoms with E-state index >= 15 is 0 Å². The van der Waals surface area contributed by atoms with Gasteiger partial charge in [0.2, 0.25) is 0 Å². The van der Waals surface area contributed by atoms with Gasteiger partial charge in [-0.05, 0) is 56.3 Å². The zero-order valence-electron chi connectivity index (χ0n) is 10.9. The van der Waals surface area contributed by atoms with E-state index in [1.54, 1.807) is 0 Å². The highest BCUT2D eigenvalue weighted by Gasteiger charge is 2.46. The molecular weight excluding hydrogens is 216 g/mol. The number of rotatable bonds is 2. The summed E-state index contributed by atoms with van der Waals surface area (Å²) in [5, 5.41) is 1.11. The normalized spacial score (nSPS) is 41.8. The third kappa shape index (κ3) is 2.09. The Hall–Kier alpha value is -0.230. The van der Waals surface area contributed by atoms with Gasteiger partial charge >= 0.3 is 0 Å². The van der Waals surface area contributed by atoms with E-state index in [1.807, 2.05) is 0 Å². The summed E-state index contributed by atoms with van der Waals surface area (Å²) in [5.41, 5.74) is 1.89. The smallest absolute Gasteiger partial charge is 0.0175 e. The molecule has 2 aliphatic carbocycles. The van der Waals surface area contributed by atoms with Crippen LogP contribution in [-0.4, -0.2) is 0 Å². The largest absolute Gasteiger partial charge is 0.0892 e. The first-order chi connectivity index (χ1) is 7.42. The minimum Gasteiger partial charge on any atom is -0.0892 e. The van der Waals surface area contributed by atoms with E-state index in [0.717, 1.165) is 11.0 Å². The number of allylic oxidation sites excluding steroid dienone is 4. The van der Waals surface area contributed by atoms with Crippen molar-refractivity contribution >= 4 is 11.6 Å². The highest BCUT2D eigenvalue weighted by atomic mass is 35.5. The van der Waals surface area contributed by atoms with Gasteiger partial charge in [-0.3, -0.25) is 0 Å². The molecule has 0 N–H and O–H groups in total. The molecule has 2 aliphatic rings. The second-order valence-electron chi connectivity index (χ2n) is 6.29. The predicted molar refractivity (Wildman–Crippen MR) is 71.5 cm³/mol. The van der Waals surface area contributed by atoms with Gasteiger partial charge in [-0.25, -0.2) is 0 Å². The molecule has 0 saturated heterocycles. The molecule has 1 saturated carbocycles. The van der Waals surface area contributed by atoms with Crippen LogP contribution in [0.25, 0.3) is 0 Å². The van der Waals surface area contributed by atoms with Crippen LogP contribution in [-0.2, 0) is 0 Å². The van der Waals surface area contributed by atoms with Gasteiger partial charge in [0.05, 0.1) is 0 Å². The lowest BCUT2D eigenvalue weighted by atomic mass is 9.76. The van der Waals surface area contributed by atoms with Crippen molar-refractivity contribution in [2.24, 2.45) is 23.2 Å². The summed E-state index contributed by atoms with van der Waals surface area (Å²) in [5.74, 6) is 2.11. The zero-order chi connectivity index (χ0) is 11.9. The molecule has 0 radical (unpaired) electrons. The van der Waals surface area contributed by atoms with Crippen LogP contribution in [0.1, 0.15) is 47.0 Å². The molecule has 0 aromatic rings. The minimum atomic E-state index is 0.451. The summed E-state index contributed by atoms with van der Waals surface area (Å²) in [4.78, 5) is 0. The standard InChI is InChI=1S/C15H23Cl/c1-10(2)5-6-15(4)9-12-7-13(15)8-14(16)11(12)3/h5,8,11-13H,6-7,9H2,1-4H3/t11-,12-,13-,15-/m1/s1. The van der Waals surface area contributed by atoms with Crippen LogP contribution in [0, 0.1) is 23.2 Å².